The maximum Gasteiger partial charge on any atom is 0.418 e. The largest absolute Gasteiger partial charge is 0.418 e. The first-order valence-corrected chi connectivity index (χ1v) is 4.70. The fourth-order valence-electron chi connectivity index (χ4n) is 1.79. The van der Waals surface area contributed by atoms with E-state index in [1.807, 2.05) is 0 Å². The van der Waals surface area contributed by atoms with Gasteiger partial charge in [0.1, 0.15) is 0 Å². The van der Waals surface area contributed by atoms with Crippen LogP contribution in [0.3, 0.4) is 0 Å². The minimum atomic E-state index is -4.64. The molecule has 0 aliphatic carbocycles. The molecule has 1 atom stereocenters. The van der Waals surface area contributed by atoms with Crippen molar-refractivity contribution in [1.82, 2.24) is 4.57 Å². The Labute approximate surface area is 89.9 Å². The lowest BCUT2D eigenvalue weighted by molar-refractivity contribution is -0.206. The molecule has 0 bridgehead atoms. The minimum Gasteiger partial charge on any atom is -0.379 e. The van der Waals surface area contributed by atoms with Crippen LogP contribution in [0.25, 0.3) is 10.9 Å². The van der Waals surface area contributed by atoms with Gasteiger partial charge in [-0.15, -0.1) is 0 Å². The van der Waals surface area contributed by atoms with Crippen LogP contribution < -0.4 is 0 Å². The van der Waals surface area contributed by atoms with Crippen molar-refractivity contribution in [3.8, 4) is 0 Å². The van der Waals surface area contributed by atoms with E-state index in [-0.39, 0.29) is 5.56 Å². The molecule has 0 saturated carbocycles. The first-order chi connectivity index (χ1) is 7.41. The average Bonchev–Trinajstić information content (AvgIpc) is 2.58. The number of rotatable bonds is 1. The first kappa shape index (κ1) is 11.0. The summed E-state index contributed by atoms with van der Waals surface area (Å²) in [4.78, 5) is 0. The molecule has 2 nitrogen and oxygen atoms in total. The molecular weight excluding hydrogens is 219 g/mol. The van der Waals surface area contributed by atoms with Gasteiger partial charge in [-0.3, -0.25) is 0 Å². The van der Waals surface area contributed by atoms with E-state index < -0.39 is 12.3 Å². The molecular formula is C11H10F3NO. The summed E-state index contributed by atoms with van der Waals surface area (Å²) in [6.07, 6.45) is -5.42. The summed E-state index contributed by atoms with van der Waals surface area (Å²) in [5.74, 6) is 0. The van der Waals surface area contributed by atoms with Crippen LogP contribution in [0.5, 0.6) is 0 Å². The van der Waals surface area contributed by atoms with E-state index in [0.717, 1.165) is 0 Å². The number of fused-ring (bicyclic) bond motifs is 1. The Kier molecular flexibility index (Phi) is 2.42. The van der Waals surface area contributed by atoms with Gasteiger partial charge in [-0.25, -0.2) is 0 Å². The van der Waals surface area contributed by atoms with Crippen molar-refractivity contribution in [3.05, 3.63) is 36.0 Å². The molecule has 0 spiro atoms. The summed E-state index contributed by atoms with van der Waals surface area (Å²) in [6.45, 7) is 0. The molecule has 2 aromatic rings. The van der Waals surface area contributed by atoms with Gasteiger partial charge < -0.3 is 9.67 Å². The third kappa shape index (κ3) is 1.67. The Hall–Kier alpha value is -1.49. The predicted octanol–water partition coefficient (Wildman–Crippen LogP) is 2.77. The van der Waals surface area contributed by atoms with Crippen LogP contribution in [-0.2, 0) is 7.05 Å². The molecule has 1 aromatic heterocycles. The summed E-state index contributed by atoms with van der Waals surface area (Å²) >= 11 is 0. The van der Waals surface area contributed by atoms with Gasteiger partial charge in [-0.1, -0.05) is 18.2 Å². The van der Waals surface area contributed by atoms with Gasteiger partial charge in [0.15, 0.2) is 6.10 Å². The van der Waals surface area contributed by atoms with Gasteiger partial charge in [0.25, 0.3) is 0 Å². The molecule has 1 heterocycles. The van der Waals surface area contributed by atoms with Gasteiger partial charge >= 0.3 is 6.18 Å². The van der Waals surface area contributed by atoms with E-state index in [9.17, 15) is 18.3 Å². The zero-order valence-corrected chi connectivity index (χ0v) is 8.49. The summed E-state index contributed by atoms with van der Waals surface area (Å²) in [7, 11) is 1.65. The van der Waals surface area contributed by atoms with Crippen molar-refractivity contribution in [2.24, 2.45) is 7.05 Å². The van der Waals surface area contributed by atoms with Gasteiger partial charge in [-0.2, -0.15) is 13.2 Å². The van der Waals surface area contributed by atoms with E-state index in [4.69, 9.17) is 0 Å². The average molecular weight is 229 g/mol. The van der Waals surface area contributed by atoms with E-state index in [1.165, 1.54) is 12.1 Å². The molecule has 0 radical (unpaired) electrons. The highest BCUT2D eigenvalue weighted by atomic mass is 19.4. The van der Waals surface area contributed by atoms with Crippen molar-refractivity contribution in [1.29, 1.82) is 0 Å². The number of aliphatic hydroxyl groups excluding tert-OH is 1. The minimum absolute atomic E-state index is 0.113. The number of hydrogen-bond donors (Lipinski definition) is 1. The highest BCUT2D eigenvalue weighted by molar-refractivity contribution is 5.83. The predicted molar refractivity (Wildman–Crippen MR) is 53.9 cm³/mol. The van der Waals surface area contributed by atoms with E-state index in [0.29, 0.717) is 10.9 Å². The number of nitrogens with zero attached hydrogens (tertiary/aromatic N) is 1. The van der Waals surface area contributed by atoms with Gasteiger partial charge in [-0.05, 0) is 11.5 Å². The molecule has 0 unspecified atom stereocenters. The van der Waals surface area contributed by atoms with Gasteiger partial charge in [0.2, 0.25) is 0 Å². The molecule has 1 aromatic carbocycles. The van der Waals surface area contributed by atoms with Crippen LogP contribution >= 0.6 is 0 Å². The van der Waals surface area contributed by atoms with Crippen molar-refractivity contribution >= 4 is 10.9 Å². The Morgan fingerprint density at radius 1 is 1.25 bits per heavy atom. The van der Waals surface area contributed by atoms with Crippen LogP contribution in [0.15, 0.2) is 30.5 Å². The lowest BCUT2D eigenvalue weighted by atomic mass is 10.1. The Morgan fingerprint density at radius 3 is 2.56 bits per heavy atom. The SMILES string of the molecule is Cn1ccc2cccc([C@H](O)C(F)(F)F)c21. The fraction of sp³-hybridized carbons (Fsp3) is 0.273. The van der Waals surface area contributed by atoms with Crippen LogP contribution in [0.4, 0.5) is 13.2 Å². The normalized spacial score (nSPS) is 14.3. The van der Waals surface area contributed by atoms with Crippen LogP contribution in [0.1, 0.15) is 11.7 Å². The maximum absolute atomic E-state index is 12.4. The van der Waals surface area contributed by atoms with Crippen molar-refractivity contribution in [3.63, 3.8) is 0 Å². The monoisotopic (exact) mass is 229 g/mol. The third-order valence-electron chi connectivity index (χ3n) is 2.53. The lowest BCUT2D eigenvalue weighted by Gasteiger charge is -2.16. The Morgan fingerprint density at radius 2 is 1.94 bits per heavy atom. The number of benzene rings is 1. The zero-order chi connectivity index (χ0) is 11.9. The summed E-state index contributed by atoms with van der Waals surface area (Å²) in [6, 6.07) is 6.22. The number of aliphatic hydroxyl groups is 1. The zero-order valence-electron chi connectivity index (χ0n) is 8.49. The molecule has 5 heteroatoms. The highest BCUT2D eigenvalue weighted by Crippen LogP contribution is 2.35. The molecule has 16 heavy (non-hydrogen) atoms. The third-order valence-corrected chi connectivity index (χ3v) is 2.53. The van der Waals surface area contributed by atoms with Crippen LogP contribution in [0, 0.1) is 0 Å². The number of alkyl halides is 3. The van der Waals surface area contributed by atoms with Gasteiger partial charge in [0.05, 0.1) is 5.52 Å². The highest BCUT2D eigenvalue weighted by Gasteiger charge is 2.40. The van der Waals surface area contributed by atoms with Crippen molar-refractivity contribution in [2.75, 3.05) is 0 Å². The number of aromatic nitrogens is 1. The number of halogens is 3. The number of para-hydroxylation sites is 1. The Bertz CT molecular complexity index is 515. The summed E-state index contributed by atoms with van der Waals surface area (Å²) in [5.41, 5.74) is 0.296. The first-order valence-electron chi connectivity index (χ1n) is 4.70. The van der Waals surface area contributed by atoms with E-state index in [1.54, 1.807) is 29.9 Å². The molecule has 0 aliphatic heterocycles. The Balaban J connectivity index is 2.64. The topological polar surface area (TPSA) is 25.2 Å². The second-order valence-corrected chi connectivity index (χ2v) is 3.66. The number of aryl methyl sites for hydroxylation is 1. The number of hydrogen-bond acceptors (Lipinski definition) is 1. The van der Waals surface area contributed by atoms with Crippen molar-refractivity contribution in [2.45, 2.75) is 12.3 Å². The van der Waals surface area contributed by atoms with Gasteiger partial charge in [0, 0.05) is 18.8 Å². The van der Waals surface area contributed by atoms with Crippen LogP contribution in [0.2, 0.25) is 0 Å². The molecule has 0 fully saturated rings. The summed E-state index contributed by atoms with van der Waals surface area (Å²) < 4.78 is 38.9. The maximum atomic E-state index is 12.4. The summed E-state index contributed by atoms with van der Waals surface area (Å²) in [5, 5.41) is 9.94. The molecule has 0 aliphatic rings. The second-order valence-electron chi connectivity index (χ2n) is 3.66. The smallest absolute Gasteiger partial charge is 0.379 e. The quantitative estimate of drug-likeness (QED) is 0.799. The van der Waals surface area contributed by atoms with Crippen molar-refractivity contribution < 1.29 is 18.3 Å². The standard InChI is InChI=1S/C11H10F3NO/c1-15-6-5-7-3-2-4-8(9(7)15)10(16)11(12,13)14/h2-6,10,16H,1H3/t10-/m0/s1. The second kappa shape index (κ2) is 3.52. The molecule has 0 saturated heterocycles. The van der Waals surface area contributed by atoms with Crippen LogP contribution in [-0.4, -0.2) is 15.8 Å². The fourth-order valence-corrected chi connectivity index (χ4v) is 1.79. The van der Waals surface area contributed by atoms with E-state index in [2.05, 4.69) is 0 Å². The molecule has 0 amide bonds. The van der Waals surface area contributed by atoms with E-state index >= 15 is 0 Å². The molecule has 86 valence electrons. The molecule has 2 rings (SSSR count). The molecule has 1 N–H and O–H groups in total. The lowest BCUT2D eigenvalue weighted by Crippen LogP contribution is -2.20.